The predicted molar refractivity (Wildman–Crippen MR) is 85.9 cm³/mol. The Morgan fingerprint density at radius 1 is 1.42 bits per heavy atom. The van der Waals surface area contributed by atoms with Gasteiger partial charge in [-0.3, -0.25) is 15.0 Å². The first kappa shape index (κ1) is 16.9. The molecular formula is C16H25N5O3. The minimum atomic E-state index is -0.837. The van der Waals surface area contributed by atoms with Crippen LogP contribution in [0.4, 0.5) is 4.79 Å². The van der Waals surface area contributed by atoms with Crippen LogP contribution < -0.4 is 10.6 Å². The first-order valence-corrected chi connectivity index (χ1v) is 8.54. The fraction of sp³-hybridized carbons (Fsp3) is 0.750. The van der Waals surface area contributed by atoms with E-state index in [9.17, 15) is 9.59 Å². The second-order valence-electron chi connectivity index (χ2n) is 7.39. The van der Waals surface area contributed by atoms with Gasteiger partial charge in [0.05, 0.1) is 6.54 Å². The Morgan fingerprint density at radius 2 is 2.21 bits per heavy atom. The van der Waals surface area contributed by atoms with Gasteiger partial charge in [-0.1, -0.05) is 19.0 Å². The molecule has 0 saturated carbocycles. The molecule has 0 spiro atoms. The number of likely N-dealkylation sites (tertiary alicyclic amines) is 1. The van der Waals surface area contributed by atoms with Crippen molar-refractivity contribution < 1.29 is 14.1 Å². The number of urea groups is 1. The number of hydrogen-bond donors (Lipinski definition) is 2. The van der Waals surface area contributed by atoms with E-state index in [1.165, 1.54) is 0 Å². The summed E-state index contributed by atoms with van der Waals surface area (Å²) in [6.07, 6.45) is 2.66. The van der Waals surface area contributed by atoms with Crippen molar-refractivity contribution in [3.8, 4) is 0 Å². The highest BCUT2D eigenvalue weighted by molar-refractivity contribution is 6.06. The number of nitrogens with one attached hydrogen (secondary N) is 2. The van der Waals surface area contributed by atoms with E-state index >= 15 is 0 Å². The zero-order valence-electron chi connectivity index (χ0n) is 14.5. The molecule has 2 N–H and O–H groups in total. The molecule has 2 fully saturated rings. The number of rotatable bonds is 5. The number of aromatic nitrogens is 2. The molecule has 24 heavy (non-hydrogen) atoms. The number of amides is 3. The molecule has 8 heteroatoms. The molecule has 3 heterocycles. The molecule has 2 aliphatic heterocycles. The Balaban J connectivity index is 1.62. The minimum absolute atomic E-state index is 0.0692. The third kappa shape index (κ3) is 3.43. The van der Waals surface area contributed by atoms with Crippen molar-refractivity contribution in [2.75, 3.05) is 13.1 Å². The van der Waals surface area contributed by atoms with Gasteiger partial charge in [-0.25, -0.2) is 4.79 Å². The van der Waals surface area contributed by atoms with Crippen LogP contribution in [0, 0.1) is 11.8 Å². The van der Waals surface area contributed by atoms with Gasteiger partial charge >= 0.3 is 6.03 Å². The van der Waals surface area contributed by atoms with Crippen molar-refractivity contribution in [3.63, 3.8) is 0 Å². The number of piperidine rings is 1. The summed E-state index contributed by atoms with van der Waals surface area (Å²) in [6, 6.07) is -0.406. The number of imide groups is 1. The maximum atomic E-state index is 12.1. The van der Waals surface area contributed by atoms with E-state index in [0.717, 1.165) is 32.4 Å². The van der Waals surface area contributed by atoms with Crippen LogP contribution >= 0.6 is 0 Å². The normalized spacial score (nSPS) is 28.2. The standard InChI is InChI=1S/C16H25N5O3/c1-10(2)7-13-17-12(20-24-13)9-21-6-4-5-11(8-21)16(3)14(22)18-15(23)19-16/h10-11H,4-9H2,1-3H3,(H2,18,19,22,23)/t11-,16+/m0/s1. The van der Waals surface area contributed by atoms with Gasteiger partial charge < -0.3 is 9.84 Å². The summed E-state index contributed by atoms with van der Waals surface area (Å²) in [5, 5.41) is 9.18. The second kappa shape index (κ2) is 6.51. The Labute approximate surface area is 141 Å². The van der Waals surface area contributed by atoms with E-state index in [2.05, 4.69) is 39.5 Å². The molecule has 0 aliphatic carbocycles. The summed E-state index contributed by atoms with van der Waals surface area (Å²) in [5.41, 5.74) is -0.837. The van der Waals surface area contributed by atoms with Gasteiger partial charge in [0.2, 0.25) is 5.89 Å². The molecule has 1 aromatic heterocycles. The van der Waals surface area contributed by atoms with Crippen molar-refractivity contribution in [1.29, 1.82) is 0 Å². The summed E-state index contributed by atoms with van der Waals surface area (Å²) in [7, 11) is 0. The Kier molecular flexibility index (Phi) is 4.58. The average Bonchev–Trinajstić information content (AvgIpc) is 3.03. The van der Waals surface area contributed by atoms with Gasteiger partial charge in [0.25, 0.3) is 5.91 Å². The lowest BCUT2D eigenvalue weighted by Gasteiger charge is -2.39. The highest BCUT2D eigenvalue weighted by Gasteiger charge is 2.48. The van der Waals surface area contributed by atoms with Crippen LogP contribution in [-0.2, 0) is 17.8 Å². The minimum Gasteiger partial charge on any atom is -0.339 e. The number of hydrogen-bond acceptors (Lipinski definition) is 6. The Hall–Kier alpha value is -1.96. The largest absolute Gasteiger partial charge is 0.339 e. The maximum Gasteiger partial charge on any atom is 0.322 e. The molecule has 2 atom stereocenters. The smallest absolute Gasteiger partial charge is 0.322 e. The lowest BCUT2D eigenvalue weighted by molar-refractivity contribution is -0.126. The molecule has 2 saturated heterocycles. The summed E-state index contributed by atoms with van der Waals surface area (Å²) in [4.78, 5) is 30.3. The quantitative estimate of drug-likeness (QED) is 0.781. The first-order valence-electron chi connectivity index (χ1n) is 8.54. The zero-order valence-corrected chi connectivity index (χ0v) is 14.5. The fourth-order valence-electron chi connectivity index (χ4n) is 3.50. The summed E-state index contributed by atoms with van der Waals surface area (Å²) >= 11 is 0. The van der Waals surface area contributed by atoms with Crippen molar-refractivity contribution in [1.82, 2.24) is 25.7 Å². The van der Waals surface area contributed by atoms with Crippen LogP contribution in [0.25, 0.3) is 0 Å². The lowest BCUT2D eigenvalue weighted by Crippen LogP contribution is -2.55. The van der Waals surface area contributed by atoms with Gasteiger partial charge in [0.1, 0.15) is 5.54 Å². The highest BCUT2D eigenvalue weighted by atomic mass is 16.5. The molecule has 0 unspecified atom stereocenters. The summed E-state index contributed by atoms with van der Waals surface area (Å²) < 4.78 is 5.29. The molecule has 3 amide bonds. The summed E-state index contributed by atoms with van der Waals surface area (Å²) in [5.74, 6) is 1.65. The van der Waals surface area contributed by atoms with Gasteiger partial charge in [-0.15, -0.1) is 0 Å². The van der Waals surface area contributed by atoms with E-state index in [0.29, 0.717) is 24.2 Å². The zero-order chi connectivity index (χ0) is 17.3. The molecule has 1 aromatic rings. The SMILES string of the molecule is CC(C)Cc1nc(CN2CCC[C@H]([C@@]3(C)NC(=O)NC3=O)C2)no1. The highest BCUT2D eigenvalue weighted by Crippen LogP contribution is 2.30. The van der Waals surface area contributed by atoms with E-state index in [4.69, 9.17) is 4.52 Å². The molecule has 132 valence electrons. The van der Waals surface area contributed by atoms with E-state index in [1.54, 1.807) is 6.92 Å². The monoisotopic (exact) mass is 335 g/mol. The van der Waals surface area contributed by atoms with E-state index in [1.807, 2.05) is 0 Å². The van der Waals surface area contributed by atoms with Gasteiger partial charge in [0, 0.05) is 18.9 Å². The second-order valence-corrected chi connectivity index (χ2v) is 7.39. The van der Waals surface area contributed by atoms with Crippen LogP contribution in [0.2, 0.25) is 0 Å². The molecule has 0 radical (unpaired) electrons. The molecule has 3 rings (SSSR count). The number of carbonyl (C=O) groups is 2. The third-order valence-corrected chi connectivity index (χ3v) is 4.85. The van der Waals surface area contributed by atoms with Crippen LogP contribution in [-0.4, -0.2) is 45.6 Å². The molecule has 0 aromatic carbocycles. The van der Waals surface area contributed by atoms with Crippen molar-refractivity contribution in [2.24, 2.45) is 11.8 Å². The topological polar surface area (TPSA) is 100 Å². The van der Waals surface area contributed by atoms with Crippen LogP contribution in [0.3, 0.4) is 0 Å². The van der Waals surface area contributed by atoms with Gasteiger partial charge in [-0.05, 0) is 32.2 Å². The van der Waals surface area contributed by atoms with E-state index in [-0.39, 0.29) is 11.8 Å². The maximum absolute atomic E-state index is 12.1. The summed E-state index contributed by atoms with van der Waals surface area (Å²) in [6.45, 7) is 8.27. The van der Waals surface area contributed by atoms with Crippen molar-refractivity contribution >= 4 is 11.9 Å². The lowest BCUT2D eigenvalue weighted by atomic mass is 9.80. The number of carbonyl (C=O) groups excluding carboxylic acids is 2. The van der Waals surface area contributed by atoms with Crippen LogP contribution in [0.1, 0.15) is 45.3 Å². The Morgan fingerprint density at radius 3 is 2.88 bits per heavy atom. The van der Waals surface area contributed by atoms with Crippen molar-refractivity contribution in [3.05, 3.63) is 11.7 Å². The molecule has 2 aliphatic rings. The van der Waals surface area contributed by atoms with Gasteiger partial charge in [0.15, 0.2) is 5.82 Å². The third-order valence-electron chi connectivity index (χ3n) is 4.85. The Bertz CT molecular complexity index is 629. The molecule has 0 bridgehead atoms. The fourth-order valence-corrected chi connectivity index (χ4v) is 3.50. The van der Waals surface area contributed by atoms with Crippen LogP contribution in [0.15, 0.2) is 4.52 Å². The molecular weight excluding hydrogens is 310 g/mol. The van der Waals surface area contributed by atoms with Gasteiger partial charge in [-0.2, -0.15) is 4.98 Å². The van der Waals surface area contributed by atoms with Crippen molar-refractivity contribution in [2.45, 2.75) is 52.1 Å². The number of nitrogens with zero attached hydrogens (tertiary/aromatic N) is 3. The first-order chi connectivity index (χ1) is 11.4. The molecule has 8 nitrogen and oxygen atoms in total. The average molecular weight is 335 g/mol. The van der Waals surface area contributed by atoms with E-state index < -0.39 is 11.6 Å². The van der Waals surface area contributed by atoms with Crippen LogP contribution in [0.5, 0.6) is 0 Å². The predicted octanol–water partition coefficient (Wildman–Crippen LogP) is 1.08.